The van der Waals surface area contributed by atoms with E-state index in [0.717, 1.165) is 39.0 Å². The lowest BCUT2D eigenvalue weighted by atomic mass is 9.92. The summed E-state index contributed by atoms with van der Waals surface area (Å²) in [6.07, 6.45) is 7.24. The maximum absolute atomic E-state index is 12.2. The summed E-state index contributed by atoms with van der Waals surface area (Å²) in [5.74, 6) is 0.720. The normalized spacial score (nSPS) is 27.4. The third-order valence-electron chi connectivity index (χ3n) is 5.17. The molecule has 0 aliphatic carbocycles. The van der Waals surface area contributed by atoms with Crippen molar-refractivity contribution in [2.45, 2.75) is 44.9 Å². The predicted molar refractivity (Wildman–Crippen MR) is 90.2 cm³/mol. The number of aromatic nitrogens is 4. The van der Waals surface area contributed by atoms with Crippen molar-refractivity contribution in [2.24, 2.45) is 5.92 Å². The van der Waals surface area contributed by atoms with Crippen LogP contribution in [0.4, 0.5) is 0 Å². The van der Waals surface area contributed by atoms with Crippen LogP contribution in [0.1, 0.15) is 24.8 Å². The van der Waals surface area contributed by atoms with Crippen molar-refractivity contribution in [1.82, 2.24) is 29.5 Å². The number of nitrogens with zero attached hydrogens (tertiary/aromatic N) is 6. The van der Waals surface area contributed by atoms with Gasteiger partial charge in [0.1, 0.15) is 17.7 Å². The number of carbonyl (C=O) groups is 1. The molecule has 2 saturated heterocycles. The molecule has 3 atom stereocenters. The Morgan fingerprint density at radius 1 is 1.46 bits per heavy atom. The van der Waals surface area contributed by atoms with Gasteiger partial charge >= 0.3 is 0 Å². The van der Waals surface area contributed by atoms with Gasteiger partial charge in [-0.1, -0.05) is 0 Å². The average Bonchev–Trinajstić information content (AvgIpc) is 3.27. The van der Waals surface area contributed by atoms with Crippen LogP contribution in [0.3, 0.4) is 0 Å². The summed E-state index contributed by atoms with van der Waals surface area (Å²) in [6, 6.07) is 0.586. The molecule has 2 aromatic rings. The summed E-state index contributed by atoms with van der Waals surface area (Å²) in [5, 5.41) is 7.41. The molecule has 0 saturated carbocycles. The minimum absolute atomic E-state index is 0.181. The molecule has 0 aromatic carbocycles. The van der Waals surface area contributed by atoms with Crippen LogP contribution in [0.15, 0.2) is 24.2 Å². The van der Waals surface area contributed by atoms with Crippen LogP contribution in [0.5, 0.6) is 0 Å². The predicted octanol–water partition coefficient (Wildman–Crippen LogP) is 1.25. The average molecular weight is 346 g/mol. The second kappa shape index (κ2) is 6.60. The van der Waals surface area contributed by atoms with E-state index in [2.05, 4.69) is 24.9 Å². The van der Waals surface area contributed by atoms with Crippen LogP contribution < -0.4 is 0 Å². The second-order valence-electron chi connectivity index (χ2n) is 6.71. The smallest absolute Gasteiger partial charge is 0.220 e. The lowest BCUT2D eigenvalue weighted by molar-refractivity contribution is -0.133. The first-order valence-corrected chi connectivity index (χ1v) is 9.30. The molecule has 2 unspecified atom stereocenters. The second-order valence-corrected chi connectivity index (χ2v) is 7.69. The highest BCUT2D eigenvalue weighted by Gasteiger charge is 2.45. The van der Waals surface area contributed by atoms with E-state index in [1.807, 2.05) is 16.3 Å². The van der Waals surface area contributed by atoms with Gasteiger partial charge in [-0.25, -0.2) is 9.97 Å². The van der Waals surface area contributed by atoms with E-state index in [1.165, 1.54) is 5.01 Å². The van der Waals surface area contributed by atoms with Gasteiger partial charge in [0, 0.05) is 37.6 Å². The van der Waals surface area contributed by atoms with Gasteiger partial charge < -0.3 is 4.90 Å². The zero-order chi connectivity index (χ0) is 16.5. The summed E-state index contributed by atoms with van der Waals surface area (Å²) in [6.45, 7) is 5.43. The van der Waals surface area contributed by atoms with Crippen molar-refractivity contribution in [3.05, 3.63) is 29.2 Å². The fourth-order valence-corrected chi connectivity index (χ4v) is 4.95. The largest absolute Gasteiger partial charge is 0.335 e. The molecule has 2 aliphatic rings. The standard InChI is InChI=1S/C16H22N6OS/c1-12(23)22-14(8-21-11-17-10-19-21)6-13-7-20(4-2-15(13)22)9-16-18-3-5-24-16/h3,5,10-11,13-15H,2,4,6-9H2,1H3/t13?,14-,15?/m0/s1. The molecule has 8 heteroatoms. The highest BCUT2D eigenvalue weighted by molar-refractivity contribution is 7.09. The highest BCUT2D eigenvalue weighted by Crippen LogP contribution is 2.36. The maximum atomic E-state index is 12.2. The highest BCUT2D eigenvalue weighted by atomic mass is 32.1. The Balaban J connectivity index is 1.45. The first kappa shape index (κ1) is 15.7. The maximum Gasteiger partial charge on any atom is 0.220 e. The van der Waals surface area contributed by atoms with Crippen LogP contribution in [0, 0.1) is 5.92 Å². The van der Waals surface area contributed by atoms with Crippen molar-refractivity contribution in [3.63, 3.8) is 0 Å². The van der Waals surface area contributed by atoms with Gasteiger partial charge in [0.05, 0.1) is 19.1 Å². The molecule has 4 heterocycles. The van der Waals surface area contributed by atoms with Crippen molar-refractivity contribution < 1.29 is 4.79 Å². The molecule has 1 amide bonds. The molecule has 0 radical (unpaired) electrons. The minimum Gasteiger partial charge on any atom is -0.335 e. The number of fused-ring (bicyclic) bond motifs is 1. The SMILES string of the molecule is CC(=O)N1C2CCN(Cc3nccs3)CC2C[C@H]1Cn1cncn1. The molecule has 0 bridgehead atoms. The summed E-state index contributed by atoms with van der Waals surface area (Å²) in [7, 11) is 0. The van der Waals surface area contributed by atoms with Crippen molar-refractivity contribution >= 4 is 17.2 Å². The van der Waals surface area contributed by atoms with Gasteiger partial charge in [-0.3, -0.25) is 14.4 Å². The lowest BCUT2D eigenvalue weighted by Crippen LogP contribution is -2.48. The number of amides is 1. The molecule has 0 spiro atoms. The van der Waals surface area contributed by atoms with Gasteiger partial charge in [0.15, 0.2) is 0 Å². The Labute approximate surface area is 145 Å². The third-order valence-corrected chi connectivity index (χ3v) is 5.94. The Morgan fingerprint density at radius 2 is 2.38 bits per heavy atom. The van der Waals surface area contributed by atoms with Crippen LogP contribution >= 0.6 is 11.3 Å². The molecule has 2 fully saturated rings. The summed E-state index contributed by atoms with van der Waals surface area (Å²) < 4.78 is 1.84. The zero-order valence-electron chi connectivity index (χ0n) is 13.8. The van der Waals surface area contributed by atoms with E-state index in [9.17, 15) is 4.79 Å². The molecule has 2 aromatic heterocycles. The van der Waals surface area contributed by atoms with Crippen molar-refractivity contribution in [3.8, 4) is 0 Å². The number of carbonyl (C=O) groups excluding carboxylic acids is 1. The summed E-state index contributed by atoms with van der Waals surface area (Å²) in [4.78, 5) is 25.2. The first-order valence-electron chi connectivity index (χ1n) is 8.42. The van der Waals surface area contributed by atoms with E-state index >= 15 is 0 Å². The molecule has 4 rings (SSSR count). The van der Waals surface area contributed by atoms with Crippen LogP contribution in [0.25, 0.3) is 0 Å². The molecule has 2 aliphatic heterocycles. The number of hydrogen-bond acceptors (Lipinski definition) is 6. The number of likely N-dealkylation sites (tertiary alicyclic amines) is 2. The Morgan fingerprint density at radius 3 is 3.08 bits per heavy atom. The van der Waals surface area contributed by atoms with Crippen LogP contribution in [-0.4, -0.2) is 60.6 Å². The van der Waals surface area contributed by atoms with E-state index in [0.29, 0.717) is 12.0 Å². The Hall–Kier alpha value is -1.80. The lowest BCUT2D eigenvalue weighted by Gasteiger charge is -2.38. The van der Waals surface area contributed by atoms with Gasteiger partial charge in [-0.15, -0.1) is 11.3 Å². The Bertz CT molecular complexity index is 673. The van der Waals surface area contributed by atoms with Crippen molar-refractivity contribution in [2.75, 3.05) is 13.1 Å². The van der Waals surface area contributed by atoms with E-state index in [1.54, 1.807) is 30.9 Å². The minimum atomic E-state index is 0.181. The number of piperidine rings is 1. The van der Waals surface area contributed by atoms with Gasteiger partial charge in [-0.05, 0) is 18.8 Å². The fourth-order valence-electron chi connectivity index (χ4n) is 4.29. The van der Waals surface area contributed by atoms with Gasteiger partial charge in [0.25, 0.3) is 0 Å². The van der Waals surface area contributed by atoms with Crippen molar-refractivity contribution in [1.29, 1.82) is 0 Å². The monoisotopic (exact) mass is 346 g/mol. The fraction of sp³-hybridized carbons (Fsp3) is 0.625. The Kier molecular flexibility index (Phi) is 4.32. The first-order chi connectivity index (χ1) is 11.7. The summed E-state index contributed by atoms with van der Waals surface area (Å²) in [5.41, 5.74) is 0. The number of rotatable bonds is 4. The number of thiazole rings is 1. The molecular weight excluding hydrogens is 324 g/mol. The molecular formula is C16H22N6OS. The van der Waals surface area contributed by atoms with E-state index in [4.69, 9.17) is 0 Å². The van der Waals surface area contributed by atoms with Gasteiger partial charge in [-0.2, -0.15) is 5.10 Å². The number of hydrogen-bond donors (Lipinski definition) is 0. The molecule has 24 heavy (non-hydrogen) atoms. The molecule has 0 N–H and O–H groups in total. The topological polar surface area (TPSA) is 67.2 Å². The third kappa shape index (κ3) is 3.08. The van der Waals surface area contributed by atoms with Crippen LogP contribution in [0.2, 0.25) is 0 Å². The van der Waals surface area contributed by atoms with Gasteiger partial charge in [0.2, 0.25) is 5.91 Å². The quantitative estimate of drug-likeness (QED) is 0.833. The van der Waals surface area contributed by atoms with E-state index in [-0.39, 0.29) is 11.9 Å². The molecule has 7 nitrogen and oxygen atoms in total. The van der Waals surface area contributed by atoms with Crippen LogP contribution in [-0.2, 0) is 17.9 Å². The van der Waals surface area contributed by atoms with E-state index < -0.39 is 0 Å². The summed E-state index contributed by atoms with van der Waals surface area (Å²) >= 11 is 1.71. The zero-order valence-corrected chi connectivity index (χ0v) is 14.6. The molecule has 128 valence electrons.